The summed E-state index contributed by atoms with van der Waals surface area (Å²) in [6.45, 7) is 0.436. The van der Waals surface area contributed by atoms with Crippen LogP contribution in [0.3, 0.4) is 0 Å². The molecule has 3 heterocycles. The van der Waals surface area contributed by atoms with Crippen molar-refractivity contribution < 1.29 is 14.0 Å². The van der Waals surface area contributed by atoms with E-state index in [9.17, 15) is 9.59 Å². The number of hydrogen-bond acceptors (Lipinski definition) is 4. The van der Waals surface area contributed by atoms with Gasteiger partial charge in [0.15, 0.2) is 0 Å². The first kappa shape index (κ1) is 18.8. The Kier molecular flexibility index (Phi) is 5.58. The minimum absolute atomic E-state index is 0.136. The lowest BCUT2D eigenvalue weighted by atomic mass is 10.1. The summed E-state index contributed by atoms with van der Waals surface area (Å²) in [6.07, 6.45) is 5.66. The molecular formula is C22H19N3O3S. The third-order valence-electron chi connectivity index (χ3n) is 4.42. The van der Waals surface area contributed by atoms with Gasteiger partial charge in [0, 0.05) is 29.7 Å². The van der Waals surface area contributed by atoms with Gasteiger partial charge >= 0.3 is 0 Å². The molecule has 1 aromatic carbocycles. The zero-order valence-corrected chi connectivity index (χ0v) is 16.3. The number of benzene rings is 1. The predicted molar refractivity (Wildman–Crippen MR) is 113 cm³/mol. The fourth-order valence-corrected chi connectivity index (χ4v) is 3.63. The highest BCUT2D eigenvalue weighted by molar-refractivity contribution is 7.12. The van der Waals surface area contributed by atoms with Crippen LogP contribution in [0.5, 0.6) is 0 Å². The number of aromatic amines is 1. The molecule has 0 aliphatic carbocycles. The molecule has 0 atom stereocenters. The normalized spacial score (nSPS) is 11.5. The summed E-state index contributed by atoms with van der Waals surface area (Å²) in [7, 11) is 0. The number of furan rings is 1. The maximum Gasteiger partial charge on any atom is 0.267 e. The lowest BCUT2D eigenvalue weighted by Gasteiger charge is -2.10. The van der Waals surface area contributed by atoms with Gasteiger partial charge in [0.25, 0.3) is 11.8 Å². The fraction of sp³-hybridized carbons (Fsp3) is 0.0909. The molecule has 3 N–H and O–H groups in total. The molecule has 0 aliphatic heterocycles. The third kappa shape index (κ3) is 4.47. The molecule has 29 heavy (non-hydrogen) atoms. The minimum Gasteiger partial charge on any atom is -0.465 e. The van der Waals surface area contributed by atoms with E-state index in [4.69, 9.17) is 4.42 Å². The van der Waals surface area contributed by atoms with Crippen LogP contribution in [0.15, 0.2) is 76.5 Å². The number of thiophene rings is 1. The molecule has 7 heteroatoms. The Labute approximate surface area is 171 Å². The van der Waals surface area contributed by atoms with Crippen molar-refractivity contribution in [3.8, 4) is 0 Å². The maximum absolute atomic E-state index is 12.7. The second-order valence-corrected chi connectivity index (χ2v) is 7.32. The van der Waals surface area contributed by atoms with Gasteiger partial charge in [-0.1, -0.05) is 24.3 Å². The number of carbonyl (C=O) groups excluding carboxylic acids is 2. The van der Waals surface area contributed by atoms with Crippen molar-refractivity contribution in [3.05, 3.63) is 88.3 Å². The van der Waals surface area contributed by atoms with Gasteiger partial charge in [0.2, 0.25) is 0 Å². The zero-order chi connectivity index (χ0) is 20.1. The molecule has 4 rings (SSSR count). The quantitative estimate of drug-likeness (QED) is 0.407. The SMILES string of the molecule is O=C(NCCc1c[nH]c2ccccc12)/C(=C/c1ccco1)NC(=O)c1cccs1. The second-order valence-electron chi connectivity index (χ2n) is 6.37. The first-order chi connectivity index (χ1) is 14.2. The lowest BCUT2D eigenvalue weighted by molar-refractivity contribution is -0.117. The summed E-state index contributed by atoms with van der Waals surface area (Å²) in [5.41, 5.74) is 2.33. The first-order valence-electron chi connectivity index (χ1n) is 9.14. The van der Waals surface area contributed by atoms with Crippen LogP contribution >= 0.6 is 11.3 Å². The molecule has 0 unspecified atom stereocenters. The van der Waals surface area contributed by atoms with Gasteiger partial charge < -0.3 is 20.0 Å². The predicted octanol–water partition coefficient (Wildman–Crippen LogP) is 3.95. The van der Waals surface area contributed by atoms with E-state index in [0.29, 0.717) is 23.6 Å². The zero-order valence-electron chi connectivity index (χ0n) is 15.5. The van der Waals surface area contributed by atoms with Crippen LogP contribution in [0.25, 0.3) is 17.0 Å². The topological polar surface area (TPSA) is 87.1 Å². The van der Waals surface area contributed by atoms with Gasteiger partial charge in [-0.05, 0) is 41.6 Å². The average Bonchev–Trinajstić information content (AvgIpc) is 3.49. The van der Waals surface area contributed by atoms with E-state index < -0.39 is 0 Å². The average molecular weight is 405 g/mol. The van der Waals surface area contributed by atoms with Gasteiger partial charge in [-0.15, -0.1) is 11.3 Å². The van der Waals surface area contributed by atoms with E-state index in [2.05, 4.69) is 15.6 Å². The number of aromatic nitrogens is 1. The van der Waals surface area contributed by atoms with Gasteiger partial charge in [-0.3, -0.25) is 9.59 Å². The van der Waals surface area contributed by atoms with Crippen molar-refractivity contribution in [2.75, 3.05) is 6.54 Å². The standard InChI is InChI=1S/C22H19N3O3S/c26-21(23-10-9-15-14-24-18-7-2-1-6-17(15)18)19(13-16-5-3-11-28-16)25-22(27)20-8-4-12-29-20/h1-8,11-14,24H,9-10H2,(H,23,26)(H,25,27)/b19-13-. The molecule has 2 amide bonds. The largest absolute Gasteiger partial charge is 0.465 e. The van der Waals surface area contributed by atoms with Gasteiger partial charge in [0.05, 0.1) is 11.1 Å². The Balaban J connectivity index is 1.44. The van der Waals surface area contributed by atoms with Crippen molar-refractivity contribution in [3.63, 3.8) is 0 Å². The molecule has 0 bridgehead atoms. The Hall–Kier alpha value is -3.58. The molecule has 0 fully saturated rings. The Morgan fingerprint density at radius 3 is 2.79 bits per heavy atom. The van der Waals surface area contributed by atoms with Gasteiger partial charge in [-0.25, -0.2) is 0 Å². The summed E-state index contributed by atoms with van der Waals surface area (Å²) in [5.74, 6) is -0.214. The number of H-pyrrole nitrogens is 1. The van der Waals surface area contributed by atoms with E-state index >= 15 is 0 Å². The van der Waals surface area contributed by atoms with Gasteiger partial charge in [-0.2, -0.15) is 0 Å². The summed E-state index contributed by atoms with van der Waals surface area (Å²) in [4.78, 5) is 28.9. The van der Waals surface area contributed by atoms with E-state index in [1.807, 2.05) is 35.8 Å². The summed E-state index contributed by atoms with van der Waals surface area (Å²) in [5, 5.41) is 8.51. The maximum atomic E-state index is 12.7. The second kappa shape index (κ2) is 8.62. The van der Waals surface area contributed by atoms with Crippen LogP contribution in [-0.4, -0.2) is 23.3 Å². The smallest absolute Gasteiger partial charge is 0.267 e. The van der Waals surface area contributed by atoms with Crippen LogP contribution in [0.4, 0.5) is 0 Å². The Morgan fingerprint density at radius 2 is 2.00 bits per heavy atom. The van der Waals surface area contributed by atoms with E-state index in [-0.39, 0.29) is 17.5 Å². The molecule has 146 valence electrons. The first-order valence-corrected chi connectivity index (χ1v) is 10.0. The third-order valence-corrected chi connectivity index (χ3v) is 5.29. The van der Waals surface area contributed by atoms with Crippen LogP contribution in [0, 0.1) is 0 Å². The fourth-order valence-electron chi connectivity index (χ4n) is 3.01. The number of para-hydroxylation sites is 1. The monoisotopic (exact) mass is 405 g/mol. The van der Waals surface area contributed by atoms with Crippen LogP contribution < -0.4 is 10.6 Å². The van der Waals surface area contributed by atoms with Crippen molar-refractivity contribution in [2.45, 2.75) is 6.42 Å². The highest BCUT2D eigenvalue weighted by Crippen LogP contribution is 2.18. The Morgan fingerprint density at radius 1 is 1.10 bits per heavy atom. The Bertz CT molecular complexity index is 1140. The lowest BCUT2D eigenvalue weighted by Crippen LogP contribution is -2.35. The number of rotatable bonds is 7. The molecule has 0 saturated heterocycles. The van der Waals surface area contributed by atoms with Crippen molar-refractivity contribution in [2.24, 2.45) is 0 Å². The minimum atomic E-state index is -0.369. The molecule has 0 saturated carbocycles. The molecular weight excluding hydrogens is 386 g/mol. The summed E-state index contributed by atoms with van der Waals surface area (Å²) < 4.78 is 5.29. The highest BCUT2D eigenvalue weighted by Gasteiger charge is 2.16. The van der Waals surface area contributed by atoms with Crippen LogP contribution in [0.2, 0.25) is 0 Å². The summed E-state index contributed by atoms with van der Waals surface area (Å²) in [6, 6.07) is 15.0. The van der Waals surface area contributed by atoms with Crippen molar-refractivity contribution in [1.82, 2.24) is 15.6 Å². The van der Waals surface area contributed by atoms with Crippen molar-refractivity contribution >= 4 is 40.1 Å². The van der Waals surface area contributed by atoms with E-state index in [0.717, 1.165) is 16.5 Å². The molecule has 0 radical (unpaired) electrons. The molecule has 0 spiro atoms. The number of fused-ring (bicyclic) bond motifs is 1. The molecule has 6 nitrogen and oxygen atoms in total. The van der Waals surface area contributed by atoms with Crippen LogP contribution in [-0.2, 0) is 11.2 Å². The number of hydrogen-bond donors (Lipinski definition) is 3. The number of carbonyl (C=O) groups is 2. The van der Waals surface area contributed by atoms with Crippen molar-refractivity contribution in [1.29, 1.82) is 0 Å². The van der Waals surface area contributed by atoms with Crippen LogP contribution in [0.1, 0.15) is 21.0 Å². The molecule has 3 aromatic heterocycles. The highest BCUT2D eigenvalue weighted by atomic mass is 32.1. The molecule has 4 aromatic rings. The van der Waals surface area contributed by atoms with E-state index in [1.165, 1.54) is 23.7 Å². The summed E-state index contributed by atoms with van der Waals surface area (Å²) >= 11 is 1.31. The number of nitrogens with one attached hydrogen (secondary N) is 3. The number of amides is 2. The molecule has 0 aliphatic rings. The van der Waals surface area contributed by atoms with Gasteiger partial charge in [0.1, 0.15) is 11.5 Å². The van der Waals surface area contributed by atoms with E-state index in [1.54, 1.807) is 24.3 Å².